The molecule has 0 aliphatic rings. The predicted octanol–water partition coefficient (Wildman–Crippen LogP) is 20.5. The second-order valence-electron chi connectivity index (χ2n) is 27.9. The van der Waals surface area contributed by atoms with Gasteiger partial charge in [-0.25, -0.2) is 9.13 Å². The van der Waals surface area contributed by atoms with Crippen LogP contribution in [0.1, 0.15) is 357 Å². The zero-order valence-electron chi connectivity index (χ0n) is 59.5. The molecule has 0 saturated heterocycles. The van der Waals surface area contributed by atoms with Gasteiger partial charge in [-0.2, -0.15) is 0 Å². The Labute approximate surface area is 556 Å². The monoisotopic (exact) mass is 1340 g/mol. The van der Waals surface area contributed by atoms with Crippen LogP contribution in [0.4, 0.5) is 0 Å². The van der Waals surface area contributed by atoms with Crippen LogP contribution in [0.3, 0.4) is 0 Å². The number of unbranched alkanes of at least 4 members (excludes halogenated alkanes) is 35. The predicted molar refractivity (Wildman–Crippen MR) is 367 cm³/mol. The van der Waals surface area contributed by atoms with Gasteiger partial charge in [0.15, 0.2) is 12.2 Å². The normalized spacial score (nSPS) is 14.2. The Kier molecular flexibility index (Phi) is 60.3. The minimum absolute atomic E-state index is 0.105. The average Bonchev–Trinajstić information content (AvgIpc) is 2.82. The number of carbonyl (C=O) groups is 4. The summed E-state index contributed by atoms with van der Waals surface area (Å²) in [5, 5.41) is 10.6. The fraction of sp³-hybridized carbons (Fsp3) is 0.944. The molecular weight excluding hydrogens is 1200 g/mol. The number of phosphoric ester groups is 2. The van der Waals surface area contributed by atoms with Gasteiger partial charge in [-0.15, -0.1) is 0 Å². The topological polar surface area (TPSA) is 237 Å². The number of phosphoric acid groups is 2. The lowest BCUT2D eigenvalue weighted by atomic mass is 10.0. The third-order valence-corrected chi connectivity index (χ3v) is 18.5. The number of rotatable bonds is 69. The minimum Gasteiger partial charge on any atom is -0.462 e. The van der Waals surface area contributed by atoms with Gasteiger partial charge in [-0.05, 0) is 49.4 Å². The lowest BCUT2D eigenvalue weighted by Crippen LogP contribution is -2.30. The molecule has 0 aromatic heterocycles. The second-order valence-corrected chi connectivity index (χ2v) is 30.8. The lowest BCUT2D eigenvalue weighted by Gasteiger charge is -2.21. The third-order valence-electron chi connectivity index (χ3n) is 16.6. The van der Waals surface area contributed by atoms with Crippen molar-refractivity contribution >= 4 is 39.5 Å². The van der Waals surface area contributed by atoms with E-state index in [-0.39, 0.29) is 25.7 Å². The van der Waals surface area contributed by atoms with E-state index in [0.717, 1.165) is 115 Å². The molecule has 0 fully saturated rings. The highest BCUT2D eigenvalue weighted by Gasteiger charge is 2.30. The number of aliphatic hydroxyl groups excluding tert-OH is 1. The standard InChI is InChI=1S/C72H140O17P2/c1-62(2)48-40-32-24-19-15-11-9-10-12-17-21-27-38-46-54-71(76)88-67(58-82-69(74)52-44-36-29-23-26-34-42-50-64(5)6)60-86-90(78,79)84-56-66(73)57-85-91(80,81)87-61-68(59-83-70(75)53-45-37-31-30-35-43-51-65(7)8)89-72(77)55-47-39-28-22-18-14-13-16-20-25-33-41-49-63(3)4/h62-68,73H,9-61H2,1-8H3,(H,78,79)(H,80,81)/t66?,67-,68-/m1/s1. The van der Waals surface area contributed by atoms with Crippen LogP contribution in [0.5, 0.6) is 0 Å². The molecule has 0 aromatic rings. The highest BCUT2D eigenvalue weighted by atomic mass is 31.2. The first kappa shape index (κ1) is 89.1. The molecule has 0 aliphatic carbocycles. The fourth-order valence-electron chi connectivity index (χ4n) is 10.8. The van der Waals surface area contributed by atoms with E-state index in [1.54, 1.807) is 0 Å². The van der Waals surface area contributed by atoms with Crippen LogP contribution >= 0.6 is 15.6 Å². The van der Waals surface area contributed by atoms with Crippen molar-refractivity contribution in [2.45, 2.75) is 375 Å². The number of ether oxygens (including phenoxy) is 4. The quantitative estimate of drug-likeness (QED) is 0.0222. The molecule has 0 spiro atoms. The number of esters is 4. The summed E-state index contributed by atoms with van der Waals surface area (Å²) in [6, 6.07) is 0. The van der Waals surface area contributed by atoms with E-state index in [0.29, 0.717) is 37.5 Å². The van der Waals surface area contributed by atoms with E-state index >= 15 is 0 Å². The van der Waals surface area contributed by atoms with Gasteiger partial charge in [0.1, 0.15) is 19.3 Å². The maximum atomic E-state index is 13.0. The summed E-state index contributed by atoms with van der Waals surface area (Å²) in [4.78, 5) is 72.6. The fourth-order valence-corrected chi connectivity index (χ4v) is 12.4. The minimum atomic E-state index is -4.95. The van der Waals surface area contributed by atoms with Gasteiger partial charge in [0, 0.05) is 25.7 Å². The smallest absolute Gasteiger partial charge is 0.462 e. The first-order chi connectivity index (χ1) is 43.6. The van der Waals surface area contributed by atoms with Gasteiger partial charge >= 0.3 is 39.5 Å². The van der Waals surface area contributed by atoms with Crippen molar-refractivity contribution in [2.75, 3.05) is 39.6 Å². The van der Waals surface area contributed by atoms with Crippen LogP contribution in [0, 0.1) is 23.7 Å². The van der Waals surface area contributed by atoms with Crippen molar-refractivity contribution in [3.63, 3.8) is 0 Å². The first-order valence-electron chi connectivity index (χ1n) is 37.2. The Morgan fingerprint density at radius 1 is 0.275 bits per heavy atom. The third kappa shape index (κ3) is 66.5. The molecule has 0 saturated carbocycles. The number of hydrogen-bond donors (Lipinski definition) is 3. The van der Waals surface area contributed by atoms with E-state index in [9.17, 15) is 43.2 Å². The van der Waals surface area contributed by atoms with Crippen LogP contribution in [-0.2, 0) is 65.4 Å². The van der Waals surface area contributed by atoms with Crippen LogP contribution in [0.15, 0.2) is 0 Å². The molecule has 0 aromatic carbocycles. The van der Waals surface area contributed by atoms with Crippen molar-refractivity contribution in [3.05, 3.63) is 0 Å². The molecule has 17 nitrogen and oxygen atoms in total. The van der Waals surface area contributed by atoms with E-state index in [1.165, 1.54) is 148 Å². The van der Waals surface area contributed by atoms with Crippen LogP contribution in [0.2, 0.25) is 0 Å². The molecule has 3 N–H and O–H groups in total. The van der Waals surface area contributed by atoms with Crippen molar-refractivity contribution in [2.24, 2.45) is 23.7 Å². The molecular formula is C72H140O17P2. The molecule has 0 rings (SSSR count). The summed E-state index contributed by atoms with van der Waals surface area (Å²) in [5.74, 6) is 0.827. The summed E-state index contributed by atoms with van der Waals surface area (Å²) in [5.41, 5.74) is 0. The molecule has 0 aliphatic heterocycles. The van der Waals surface area contributed by atoms with Gasteiger partial charge in [0.05, 0.1) is 26.4 Å². The summed E-state index contributed by atoms with van der Waals surface area (Å²) in [6.45, 7) is 14.1. The van der Waals surface area contributed by atoms with Gasteiger partial charge in [0.25, 0.3) is 0 Å². The van der Waals surface area contributed by atoms with Crippen LogP contribution < -0.4 is 0 Å². The lowest BCUT2D eigenvalue weighted by molar-refractivity contribution is -0.161. The zero-order valence-corrected chi connectivity index (χ0v) is 61.3. The van der Waals surface area contributed by atoms with Crippen molar-refractivity contribution in [1.82, 2.24) is 0 Å². The summed E-state index contributed by atoms with van der Waals surface area (Å²) < 4.78 is 68.3. The summed E-state index contributed by atoms with van der Waals surface area (Å²) >= 11 is 0. The molecule has 91 heavy (non-hydrogen) atoms. The van der Waals surface area contributed by atoms with E-state index in [1.807, 2.05) is 0 Å². The van der Waals surface area contributed by atoms with E-state index in [2.05, 4.69) is 55.4 Å². The number of carbonyl (C=O) groups excluding carboxylic acids is 4. The van der Waals surface area contributed by atoms with Crippen molar-refractivity contribution in [1.29, 1.82) is 0 Å². The Morgan fingerprint density at radius 2 is 0.462 bits per heavy atom. The SMILES string of the molecule is CC(C)CCCCCCCCCCCCCCCCC(=O)O[C@H](COC(=O)CCCCCCCCCC(C)C)COP(=O)(O)OCC(O)COP(=O)(O)OC[C@@H](COC(=O)CCCCCCCCC(C)C)OC(=O)CCCCCCCCCCCCCCC(C)C. The Morgan fingerprint density at radius 3 is 0.681 bits per heavy atom. The molecule has 19 heteroatoms. The van der Waals surface area contributed by atoms with Gasteiger partial charge in [0.2, 0.25) is 0 Å². The molecule has 0 amide bonds. The van der Waals surface area contributed by atoms with Crippen molar-refractivity contribution < 1.29 is 80.2 Å². The summed E-state index contributed by atoms with van der Waals surface area (Å²) in [7, 11) is -9.90. The Hall–Kier alpha value is -1.94. The van der Waals surface area contributed by atoms with Crippen LogP contribution in [0.25, 0.3) is 0 Å². The molecule has 540 valence electrons. The average molecular weight is 1340 g/mol. The molecule has 0 radical (unpaired) electrons. The number of aliphatic hydroxyl groups is 1. The molecule has 0 heterocycles. The van der Waals surface area contributed by atoms with Crippen molar-refractivity contribution in [3.8, 4) is 0 Å². The highest BCUT2D eigenvalue weighted by Crippen LogP contribution is 2.45. The Bertz CT molecular complexity index is 1800. The molecule has 0 bridgehead atoms. The zero-order chi connectivity index (χ0) is 67.5. The maximum absolute atomic E-state index is 13.0. The molecule has 3 unspecified atom stereocenters. The van der Waals surface area contributed by atoms with E-state index in [4.69, 9.17) is 37.0 Å². The van der Waals surface area contributed by atoms with E-state index < -0.39 is 97.5 Å². The molecule has 5 atom stereocenters. The highest BCUT2D eigenvalue weighted by molar-refractivity contribution is 7.47. The maximum Gasteiger partial charge on any atom is 0.472 e. The number of hydrogen-bond acceptors (Lipinski definition) is 15. The first-order valence-corrected chi connectivity index (χ1v) is 40.2. The van der Waals surface area contributed by atoms with Gasteiger partial charge in [-0.3, -0.25) is 37.3 Å². The van der Waals surface area contributed by atoms with Crippen LogP contribution in [-0.4, -0.2) is 96.7 Å². The van der Waals surface area contributed by atoms with Gasteiger partial charge < -0.3 is 33.8 Å². The largest absolute Gasteiger partial charge is 0.472 e. The Balaban J connectivity index is 5.21. The van der Waals surface area contributed by atoms with Gasteiger partial charge in [-0.1, -0.05) is 306 Å². The summed E-state index contributed by atoms with van der Waals surface area (Å²) in [6.07, 6.45) is 44.7. The second kappa shape index (κ2) is 61.6.